The second-order valence-electron chi connectivity index (χ2n) is 10.4. The topological polar surface area (TPSA) is 136 Å². The average molecular weight is 529 g/mol. The lowest BCUT2D eigenvalue weighted by Crippen LogP contribution is -2.33. The molecule has 0 aliphatic rings. The first-order valence-corrected chi connectivity index (χ1v) is 15.0. The smallest absolute Gasteiger partial charge is 0.303 e. The minimum Gasteiger partial charge on any atom is -0.481 e. The number of aldehydes is 1. The van der Waals surface area contributed by atoms with Crippen LogP contribution >= 0.6 is 0 Å². The summed E-state index contributed by atoms with van der Waals surface area (Å²) < 4.78 is 0. The van der Waals surface area contributed by atoms with E-state index in [9.17, 15) is 19.5 Å². The van der Waals surface area contributed by atoms with E-state index in [-0.39, 0.29) is 6.42 Å². The third-order valence-corrected chi connectivity index (χ3v) is 6.84. The lowest BCUT2D eigenvalue weighted by Gasteiger charge is -2.14. The summed E-state index contributed by atoms with van der Waals surface area (Å²) in [4.78, 5) is 31.9. The molecule has 2 unspecified atom stereocenters. The van der Waals surface area contributed by atoms with Crippen molar-refractivity contribution in [1.82, 2.24) is 10.6 Å². The van der Waals surface area contributed by atoms with Crippen LogP contribution in [0.5, 0.6) is 0 Å². The van der Waals surface area contributed by atoms with Gasteiger partial charge in [0.2, 0.25) is 0 Å². The van der Waals surface area contributed by atoms with Crippen LogP contribution in [-0.4, -0.2) is 58.9 Å². The van der Waals surface area contributed by atoms with Crippen LogP contribution in [0.3, 0.4) is 0 Å². The van der Waals surface area contributed by atoms with Gasteiger partial charge in [-0.05, 0) is 51.6 Å². The Morgan fingerprint density at radius 3 is 1.38 bits per heavy atom. The molecule has 0 saturated heterocycles. The number of carbonyl (C=O) groups excluding carboxylic acids is 1. The molecule has 218 valence electrons. The molecular weight excluding hydrogens is 472 g/mol. The van der Waals surface area contributed by atoms with Crippen LogP contribution in [0, 0.1) is 0 Å². The fourth-order valence-corrected chi connectivity index (χ4v) is 4.49. The number of aliphatic carboxylic acids is 2. The number of aliphatic hydroxyl groups is 1. The minimum absolute atomic E-state index is 0.00719. The summed E-state index contributed by atoms with van der Waals surface area (Å²) in [6, 6.07) is -0.398. The van der Waals surface area contributed by atoms with E-state index in [0.717, 1.165) is 51.4 Å². The zero-order valence-corrected chi connectivity index (χ0v) is 23.3. The van der Waals surface area contributed by atoms with Crippen molar-refractivity contribution in [3.8, 4) is 0 Å². The summed E-state index contributed by atoms with van der Waals surface area (Å²) in [5.74, 6) is -1.57. The number of aliphatic hydroxyl groups excluding tert-OH is 1. The molecule has 8 nitrogen and oxygen atoms in total. The standard InChI is InChI=1S/C29H56N2O6/c32-25-26(21-22-29(36)37)30-23-17-18-24-31-27(33)19-15-13-11-9-7-5-3-1-2-4-6-8-10-12-14-16-20-28(34)35/h25-27,30-31,33H,1-24H2,(H,34,35)(H,36,37). The first kappa shape index (κ1) is 35.5. The molecule has 2 atom stereocenters. The highest BCUT2D eigenvalue weighted by atomic mass is 16.4. The lowest BCUT2D eigenvalue weighted by atomic mass is 10.0. The summed E-state index contributed by atoms with van der Waals surface area (Å²) in [7, 11) is 0. The highest BCUT2D eigenvalue weighted by Crippen LogP contribution is 2.14. The van der Waals surface area contributed by atoms with Gasteiger partial charge < -0.3 is 25.4 Å². The maximum atomic E-state index is 10.9. The number of carboxylic acids is 2. The Kier molecular flexibility index (Phi) is 26.4. The predicted octanol–water partition coefficient (Wildman–Crippen LogP) is 5.80. The summed E-state index contributed by atoms with van der Waals surface area (Å²) in [5, 5.41) is 33.5. The number of hydrogen-bond acceptors (Lipinski definition) is 6. The van der Waals surface area contributed by atoms with Gasteiger partial charge in [-0.1, -0.05) is 89.9 Å². The quantitative estimate of drug-likeness (QED) is 0.0448. The van der Waals surface area contributed by atoms with Crippen LogP contribution in [0.2, 0.25) is 0 Å². The molecular formula is C29H56N2O6. The normalized spacial score (nSPS) is 12.9. The van der Waals surface area contributed by atoms with Crippen molar-refractivity contribution >= 4 is 18.2 Å². The molecule has 37 heavy (non-hydrogen) atoms. The summed E-state index contributed by atoms with van der Waals surface area (Å²) in [5.41, 5.74) is 0. The first-order valence-electron chi connectivity index (χ1n) is 15.0. The van der Waals surface area contributed by atoms with Crippen LogP contribution in [0.4, 0.5) is 0 Å². The second kappa shape index (κ2) is 27.5. The second-order valence-corrected chi connectivity index (χ2v) is 10.4. The van der Waals surface area contributed by atoms with Crippen LogP contribution in [0.1, 0.15) is 141 Å². The van der Waals surface area contributed by atoms with Gasteiger partial charge in [0.25, 0.3) is 0 Å². The molecule has 8 heteroatoms. The summed E-state index contributed by atoms with van der Waals surface area (Å²) in [6.07, 6.45) is 23.1. The third-order valence-electron chi connectivity index (χ3n) is 6.84. The molecule has 0 saturated carbocycles. The Balaban J connectivity index is 3.27. The molecule has 0 rings (SSSR count). The van der Waals surface area contributed by atoms with Crippen molar-refractivity contribution in [3.05, 3.63) is 0 Å². The summed E-state index contributed by atoms with van der Waals surface area (Å²) >= 11 is 0. The van der Waals surface area contributed by atoms with Gasteiger partial charge in [0.05, 0.1) is 6.04 Å². The van der Waals surface area contributed by atoms with Crippen molar-refractivity contribution < 1.29 is 29.7 Å². The van der Waals surface area contributed by atoms with Gasteiger partial charge in [-0.3, -0.25) is 14.9 Å². The van der Waals surface area contributed by atoms with E-state index in [1.807, 2.05) is 0 Å². The van der Waals surface area contributed by atoms with Crippen molar-refractivity contribution in [2.75, 3.05) is 13.1 Å². The molecule has 5 N–H and O–H groups in total. The molecule has 0 aliphatic heterocycles. The van der Waals surface area contributed by atoms with E-state index in [1.54, 1.807) is 0 Å². The Bertz CT molecular complexity index is 546. The van der Waals surface area contributed by atoms with Gasteiger partial charge in [-0.2, -0.15) is 0 Å². The number of nitrogens with one attached hydrogen (secondary N) is 2. The van der Waals surface area contributed by atoms with Crippen LogP contribution in [0.25, 0.3) is 0 Å². The van der Waals surface area contributed by atoms with Crippen LogP contribution in [-0.2, 0) is 14.4 Å². The molecule has 0 aliphatic carbocycles. The zero-order chi connectivity index (χ0) is 27.4. The van der Waals surface area contributed by atoms with Gasteiger partial charge in [0.1, 0.15) is 12.5 Å². The average Bonchev–Trinajstić information content (AvgIpc) is 2.86. The Morgan fingerprint density at radius 2 is 0.946 bits per heavy atom. The van der Waals surface area contributed by atoms with Gasteiger partial charge >= 0.3 is 11.9 Å². The fourth-order valence-electron chi connectivity index (χ4n) is 4.49. The number of unbranched alkanes of at least 4 members (excludes halogenated alkanes) is 16. The SMILES string of the molecule is O=CC(CCC(=O)O)NCCCCNC(O)CCCCCCCCCCCCCCCCCCC(=O)O. The highest BCUT2D eigenvalue weighted by Gasteiger charge is 2.08. The first-order chi connectivity index (χ1) is 18.0. The zero-order valence-electron chi connectivity index (χ0n) is 23.3. The molecule has 0 spiro atoms. The third kappa shape index (κ3) is 28.9. The molecule has 0 amide bonds. The van der Waals surface area contributed by atoms with Gasteiger partial charge in [0, 0.05) is 12.8 Å². The van der Waals surface area contributed by atoms with Crippen LogP contribution in [0.15, 0.2) is 0 Å². The van der Waals surface area contributed by atoms with Gasteiger partial charge in [0.15, 0.2) is 0 Å². The Hall–Kier alpha value is -1.51. The van der Waals surface area contributed by atoms with E-state index >= 15 is 0 Å². The Morgan fingerprint density at radius 1 is 0.541 bits per heavy atom. The van der Waals surface area contributed by atoms with E-state index in [0.29, 0.717) is 19.4 Å². The Labute approximate surface area is 225 Å². The molecule has 0 fully saturated rings. The largest absolute Gasteiger partial charge is 0.481 e. The summed E-state index contributed by atoms with van der Waals surface area (Å²) in [6.45, 7) is 1.40. The maximum Gasteiger partial charge on any atom is 0.303 e. The fraction of sp³-hybridized carbons (Fsp3) is 0.897. The van der Waals surface area contributed by atoms with Gasteiger partial charge in [-0.25, -0.2) is 0 Å². The number of carboxylic acid groups (broad SMARTS) is 2. The van der Waals surface area contributed by atoms with E-state index in [1.165, 1.54) is 83.5 Å². The van der Waals surface area contributed by atoms with E-state index in [4.69, 9.17) is 10.2 Å². The molecule has 0 aromatic heterocycles. The van der Waals surface area contributed by atoms with Crippen molar-refractivity contribution in [3.63, 3.8) is 0 Å². The maximum absolute atomic E-state index is 10.9. The number of rotatable bonds is 30. The predicted molar refractivity (Wildman–Crippen MR) is 149 cm³/mol. The van der Waals surface area contributed by atoms with Crippen molar-refractivity contribution in [2.45, 2.75) is 154 Å². The number of hydrogen-bond donors (Lipinski definition) is 5. The molecule has 0 bridgehead atoms. The molecule has 0 heterocycles. The number of carbonyl (C=O) groups is 3. The van der Waals surface area contributed by atoms with Gasteiger partial charge in [-0.15, -0.1) is 0 Å². The van der Waals surface area contributed by atoms with Crippen molar-refractivity contribution in [2.24, 2.45) is 0 Å². The molecule has 0 aromatic rings. The van der Waals surface area contributed by atoms with Crippen LogP contribution < -0.4 is 10.6 Å². The van der Waals surface area contributed by atoms with E-state index in [2.05, 4.69) is 10.6 Å². The minimum atomic E-state index is -0.888. The van der Waals surface area contributed by atoms with E-state index < -0.39 is 24.2 Å². The van der Waals surface area contributed by atoms with Crippen molar-refractivity contribution in [1.29, 1.82) is 0 Å². The molecule has 0 aromatic carbocycles. The lowest BCUT2D eigenvalue weighted by molar-refractivity contribution is -0.138. The molecule has 0 radical (unpaired) electrons. The monoisotopic (exact) mass is 528 g/mol. The highest BCUT2D eigenvalue weighted by molar-refractivity contribution is 5.68.